The number of hydrogen-bond acceptors (Lipinski definition) is 1. The Bertz CT molecular complexity index is 2280. The molecule has 0 unspecified atom stereocenters. The molecule has 0 saturated heterocycles. The Morgan fingerprint density at radius 2 is 0.902 bits per heavy atom. The Hall–Kier alpha value is -5.40. The maximum absolute atomic E-state index is 6.57. The smallest absolute Gasteiger partial charge is 0.135 e. The fraction of sp³-hybridized carbons (Fsp3) is 0. The Morgan fingerprint density at radius 3 is 1.66 bits per heavy atom. The molecule has 9 rings (SSSR count). The van der Waals surface area contributed by atoms with Crippen molar-refractivity contribution >= 4 is 43.1 Å². The molecular weight excluding hydrogens is 496 g/mol. The summed E-state index contributed by atoms with van der Waals surface area (Å²) in [5.41, 5.74) is 7.34. The topological polar surface area (TPSA) is 9.23 Å². The van der Waals surface area contributed by atoms with Gasteiger partial charge in [-0.1, -0.05) is 127 Å². The van der Waals surface area contributed by atoms with E-state index in [1.165, 1.54) is 70.9 Å². The van der Waals surface area contributed by atoms with Crippen LogP contribution in [-0.4, -0.2) is 0 Å². The molecule has 1 aliphatic heterocycles. The third kappa shape index (κ3) is 3.24. The molecule has 8 aromatic carbocycles. The molecule has 1 heterocycles. The molecule has 0 fully saturated rings. The Labute approximate surface area is 237 Å². The van der Waals surface area contributed by atoms with E-state index in [2.05, 4.69) is 146 Å². The molecule has 1 heteroatoms. The number of hydrogen-bond donors (Lipinski definition) is 0. The molecule has 0 amide bonds. The normalized spacial score (nSPS) is 12.1. The summed E-state index contributed by atoms with van der Waals surface area (Å²) < 4.78 is 6.57. The number of rotatable bonds is 2. The first-order valence-electron chi connectivity index (χ1n) is 14.1. The lowest BCUT2D eigenvalue weighted by Crippen LogP contribution is -1.99. The van der Waals surface area contributed by atoms with Crippen LogP contribution >= 0.6 is 0 Å². The summed E-state index contributed by atoms with van der Waals surface area (Å²) >= 11 is 0. The van der Waals surface area contributed by atoms with Crippen molar-refractivity contribution in [3.63, 3.8) is 0 Å². The summed E-state index contributed by atoms with van der Waals surface area (Å²) in [6.45, 7) is 0. The zero-order valence-corrected chi connectivity index (χ0v) is 22.3. The fourth-order valence-electron chi connectivity index (χ4n) is 6.90. The SMILES string of the molecule is c1cc2c(c(-c3c4ccccc4c(-c4ccc5ccccc5c4)c4ccccc34)c1)-c1cccc3cccc(c13)O2. The maximum atomic E-state index is 6.57. The molecule has 0 aliphatic carbocycles. The van der Waals surface area contributed by atoms with E-state index >= 15 is 0 Å². The summed E-state index contributed by atoms with van der Waals surface area (Å²) in [5.74, 6) is 1.82. The molecule has 1 nitrogen and oxygen atoms in total. The Balaban J connectivity index is 1.41. The highest BCUT2D eigenvalue weighted by atomic mass is 16.5. The van der Waals surface area contributed by atoms with Crippen molar-refractivity contribution < 1.29 is 4.74 Å². The Kier molecular flexibility index (Phi) is 4.67. The average molecular weight is 521 g/mol. The van der Waals surface area contributed by atoms with Crippen LogP contribution in [0.2, 0.25) is 0 Å². The van der Waals surface area contributed by atoms with E-state index in [0.29, 0.717) is 0 Å². The van der Waals surface area contributed by atoms with Gasteiger partial charge in [-0.2, -0.15) is 0 Å². The second-order valence-corrected chi connectivity index (χ2v) is 10.8. The highest BCUT2D eigenvalue weighted by Gasteiger charge is 2.25. The number of benzene rings is 8. The van der Waals surface area contributed by atoms with Gasteiger partial charge in [0.1, 0.15) is 11.5 Å². The quantitative estimate of drug-likeness (QED) is 0.206. The molecule has 41 heavy (non-hydrogen) atoms. The molecule has 0 aromatic heterocycles. The van der Waals surface area contributed by atoms with Gasteiger partial charge in [0.15, 0.2) is 0 Å². The van der Waals surface area contributed by atoms with Gasteiger partial charge in [0.2, 0.25) is 0 Å². The molecule has 1 aliphatic rings. The van der Waals surface area contributed by atoms with Gasteiger partial charge in [-0.05, 0) is 83.7 Å². The zero-order chi connectivity index (χ0) is 26.9. The van der Waals surface area contributed by atoms with Crippen LogP contribution in [0.5, 0.6) is 11.5 Å². The van der Waals surface area contributed by atoms with Crippen molar-refractivity contribution in [3.05, 3.63) is 146 Å². The molecule has 0 atom stereocenters. The second kappa shape index (κ2) is 8.55. The van der Waals surface area contributed by atoms with Gasteiger partial charge >= 0.3 is 0 Å². The van der Waals surface area contributed by atoms with Crippen LogP contribution in [-0.2, 0) is 0 Å². The highest BCUT2D eigenvalue weighted by Crippen LogP contribution is 2.53. The van der Waals surface area contributed by atoms with Gasteiger partial charge in [0.05, 0.1) is 0 Å². The van der Waals surface area contributed by atoms with Gasteiger partial charge in [-0.15, -0.1) is 0 Å². The first-order chi connectivity index (χ1) is 20.3. The van der Waals surface area contributed by atoms with Crippen molar-refractivity contribution in [1.82, 2.24) is 0 Å². The van der Waals surface area contributed by atoms with Crippen molar-refractivity contribution in [1.29, 1.82) is 0 Å². The van der Waals surface area contributed by atoms with Crippen LogP contribution in [0.4, 0.5) is 0 Å². The lowest BCUT2D eigenvalue weighted by Gasteiger charge is -2.25. The van der Waals surface area contributed by atoms with Crippen molar-refractivity contribution in [2.24, 2.45) is 0 Å². The van der Waals surface area contributed by atoms with Gasteiger partial charge in [0, 0.05) is 10.9 Å². The predicted octanol–water partition coefficient (Wildman–Crippen LogP) is 11.4. The standard InChI is InChI=1S/C40H24O/c1-2-11-27-24-28(23-22-25(27)10-1)37-29-14-3-5-16-31(29)39(32-17-6-4-15-30(32)37)34-19-9-21-36-40(34)33-18-7-12-26-13-8-20-35(41-36)38(26)33/h1-24H. The molecule has 0 spiro atoms. The summed E-state index contributed by atoms with van der Waals surface area (Å²) in [6, 6.07) is 52.6. The predicted molar refractivity (Wildman–Crippen MR) is 173 cm³/mol. The minimum absolute atomic E-state index is 0.903. The van der Waals surface area contributed by atoms with Crippen LogP contribution in [0.15, 0.2) is 146 Å². The van der Waals surface area contributed by atoms with Crippen molar-refractivity contribution in [2.45, 2.75) is 0 Å². The molecule has 8 aromatic rings. The molecular formula is C40H24O. The third-order valence-electron chi connectivity index (χ3n) is 8.62. The van der Waals surface area contributed by atoms with Crippen LogP contribution in [0.25, 0.3) is 76.5 Å². The van der Waals surface area contributed by atoms with E-state index in [-0.39, 0.29) is 0 Å². The zero-order valence-electron chi connectivity index (χ0n) is 22.3. The number of ether oxygens (including phenoxy) is 1. The van der Waals surface area contributed by atoms with Crippen LogP contribution in [0, 0.1) is 0 Å². The molecule has 0 bridgehead atoms. The lowest BCUT2D eigenvalue weighted by molar-refractivity contribution is 0.487. The minimum atomic E-state index is 0.903. The van der Waals surface area contributed by atoms with Gasteiger partial charge in [-0.3, -0.25) is 0 Å². The van der Waals surface area contributed by atoms with E-state index in [9.17, 15) is 0 Å². The second-order valence-electron chi connectivity index (χ2n) is 10.8. The third-order valence-corrected chi connectivity index (χ3v) is 8.62. The Morgan fingerprint density at radius 1 is 0.341 bits per heavy atom. The lowest BCUT2D eigenvalue weighted by atomic mass is 9.82. The molecule has 0 radical (unpaired) electrons. The molecule has 0 saturated carbocycles. The average Bonchev–Trinajstić information content (AvgIpc) is 3.03. The first-order valence-corrected chi connectivity index (χ1v) is 14.1. The summed E-state index contributed by atoms with van der Waals surface area (Å²) in [4.78, 5) is 0. The summed E-state index contributed by atoms with van der Waals surface area (Å²) in [5, 5.41) is 9.88. The number of fused-ring (bicyclic) bond motifs is 5. The van der Waals surface area contributed by atoms with E-state index < -0.39 is 0 Å². The molecule has 0 N–H and O–H groups in total. The van der Waals surface area contributed by atoms with Crippen molar-refractivity contribution in [2.75, 3.05) is 0 Å². The monoisotopic (exact) mass is 520 g/mol. The summed E-state index contributed by atoms with van der Waals surface area (Å²) in [7, 11) is 0. The van der Waals surface area contributed by atoms with Gasteiger partial charge in [-0.25, -0.2) is 0 Å². The van der Waals surface area contributed by atoms with Gasteiger partial charge < -0.3 is 4.74 Å². The van der Waals surface area contributed by atoms with E-state index in [1.54, 1.807) is 0 Å². The first kappa shape index (κ1) is 22.4. The fourth-order valence-corrected chi connectivity index (χ4v) is 6.90. The molecule has 190 valence electrons. The van der Waals surface area contributed by atoms with Crippen molar-refractivity contribution in [3.8, 4) is 44.9 Å². The van der Waals surface area contributed by atoms with E-state index in [1.807, 2.05) is 0 Å². The van der Waals surface area contributed by atoms with Crippen LogP contribution in [0.1, 0.15) is 0 Å². The maximum Gasteiger partial charge on any atom is 0.135 e. The van der Waals surface area contributed by atoms with Gasteiger partial charge in [0.25, 0.3) is 0 Å². The largest absolute Gasteiger partial charge is 0.456 e. The van der Waals surface area contributed by atoms with E-state index in [0.717, 1.165) is 17.1 Å². The summed E-state index contributed by atoms with van der Waals surface area (Å²) in [6.07, 6.45) is 0. The van der Waals surface area contributed by atoms with Crippen LogP contribution < -0.4 is 4.74 Å². The minimum Gasteiger partial charge on any atom is -0.456 e. The highest BCUT2D eigenvalue weighted by molar-refractivity contribution is 6.23. The van der Waals surface area contributed by atoms with E-state index in [4.69, 9.17) is 4.74 Å². The van der Waals surface area contributed by atoms with Crippen LogP contribution in [0.3, 0.4) is 0 Å².